The van der Waals surface area contributed by atoms with Gasteiger partial charge < -0.3 is 16.4 Å². The Morgan fingerprint density at radius 3 is 2.65 bits per heavy atom. The molecule has 0 saturated heterocycles. The first-order chi connectivity index (χ1) is 7.87. The van der Waals surface area contributed by atoms with E-state index in [1.807, 2.05) is 20.8 Å². The lowest BCUT2D eigenvalue weighted by Gasteiger charge is -2.27. The molecule has 1 saturated carbocycles. The van der Waals surface area contributed by atoms with Crippen LogP contribution >= 0.6 is 0 Å². The Morgan fingerprint density at radius 2 is 2.06 bits per heavy atom. The van der Waals surface area contributed by atoms with Crippen molar-refractivity contribution in [3.63, 3.8) is 0 Å². The number of carbonyl (C=O) groups is 1. The molecule has 1 fully saturated rings. The number of carbonyl (C=O) groups excluding carboxylic acids is 1. The molecule has 4 heteroatoms. The highest BCUT2D eigenvalue weighted by molar-refractivity contribution is 5.76. The molecule has 1 aliphatic rings. The first kappa shape index (κ1) is 14.5. The molecule has 4 nitrogen and oxygen atoms in total. The molecule has 1 aliphatic carbocycles. The molecule has 0 aromatic rings. The molecule has 1 amide bonds. The van der Waals surface area contributed by atoms with Gasteiger partial charge in [0.1, 0.15) is 0 Å². The van der Waals surface area contributed by atoms with Crippen molar-refractivity contribution < 1.29 is 4.79 Å². The molecular weight excluding hydrogens is 214 g/mol. The van der Waals surface area contributed by atoms with Gasteiger partial charge >= 0.3 is 0 Å². The fraction of sp³-hybridized carbons (Fsp3) is 0.923. The normalized spacial score (nSPS) is 25.6. The van der Waals surface area contributed by atoms with Gasteiger partial charge in [-0.05, 0) is 40.0 Å². The Morgan fingerprint density at radius 1 is 1.35 bits per heavy atom. The number of nitrogens with one attached hydrogen (secondary N) is 2. The summed E-state index contributed by atoms with van der Waals surface area (Å²) in [5.41, 5.74) is 5.79. The van der Waals surface area contributed by atoms with Crippen LogP contribution in [0.4, 0.5) is 0 Å². The van der Waals surface area contributed by atoms with Gasteiger partial charge in [-0.1, -0.05) is 6.42 Å². The zero-order chi connectivity index (χ0) is 12.9. The summed E-state index contributed by atoms with van der Waals surface area (Å²) in [5, 5.41) is 6.39. The minimum Gasteiger partial charge on any atom is -0.351 e. The summed E-state index contributed by atoms with van der Waals surface area (Å²) in [4.78, 5) is 11.6. The molecular formula is C13H27N3O. The molecule has 2 unspecified atom stereocenters. The highest BCUT2D eigenvalue weighted by Crippen LogP contribution is 2.16. The highest BCUT2D eigenvalue weighted by Gasteiger charge is 2.19. The summed E-state index contributed by atoms with van der Waals surface area (Å²) < 4.78 is 0. The largest absolute Gasteiger partial charge is 0.351 e. The monoisotopic (exact) mass is 241 g/mol. The average Bonchev–Trinajstić information content (AvgIpc) is 2.14. The maximum Gasteiger partial charge on any atom is 0.221 e. The van der Waals surface area contributed by atoms with Gasteiger partial charge in [0.25, 0.3) is 0 Å². The summed E-state index contributed by atoms with van der Waals surface area (Å²) in [6.45, 7) is 6.74. The van der Waals surface area contributed by atoms with Crippen molar-refractivity contribution in [2.24, 2.45) is 5.73 Å². The summed E-state index contributed by atoms with van der Waals surface area (Å²) in [7, 11) is 0. The maximum absolute atomic E-state index is 11.6. The van der Waals surface area contributed by atoms with Crippen LogP contribution in [-0.2, 0) is 4.79 Å². The lowest BCUT2D eigenvalue weighted by Crippen LogP contribution is -2.43. The van der Waals surface area contributed by atoms with Crippen LogP contribution in [0.3, 0.4) is 0 Å². The van der Waals surface area contributed by atoms with Crippen molar-refractivity contribution in [3.8, 4) is 0 Å². The quantitative estimate of drug-likeness (QED) is 0.691. The van der Waals surface area contributed by atoms with Gasteiger partial charge in [-0.3, -0.25) is 4.79 Å². The Kier molecular flexibility index (Phi) is 5.40. The fourth-order valence-electron chi connectivity index (χ4n) is 2.28. The lowest BCUT2D eigenvalue weighted by atomic mass is 9.91. The second-order valence-electron chi connectivity index (χ2n) is 6.13. The number of rotatable bonds is 4. The van der Waals surface area contributed by atoms with Crippen LogP contribution in [0.5, 0.6) is 0 Å². The molecule has 0 aromatic carbocycles. The Balaban J connectivity index is 2.13. The highest BCUT2D eigenvalue weighted by atomic mass is 16.1. The molecule has 1 rings (SSSR count). The van der Waals surface area contributed by atoms with E-state index in [9.17, 15) is 4.79 Å². The van der Waals surface area contributed by atoms with E-state index >= 15 is 0 Å². The lowest BCUT2D eigenvalue weighted by molar-refractivity contribution is -0.122. The summed E-state index contributed by atoms with van der Waals surface area (Å²) in [5.74, 6) is 0.116. The minimum atomic E-state index is -0.135. The topological polar surface area (TPSA) is 67.2 Å². The number of nitrogens with two attached hydrogens (primary N) is 1. The Hall–Kier alpha value is -0.610. The van der Waals surface area contributed by atoms with Crippen LogP contribution in [0.25, 0.3) is 0 Å². The SMILES string of the molecule is CC(C)(C)NC(=O)CCNC1CCCC(N)C1. The molecule has 0 aliphatic heterocycles. The van der Waals surface area contributed by atoms with Crippen molar-refractivity contribution in [1.29, 1.82) is 0 Å². The molecule has 0 bridgehead atoms. The number of hydrogen-bond acceptors (Lipinski definition) is 3. The van der Waals surface area contributed by atoms with Crippen LogP contribution in [0, 0.1) is 0 Å². The zero-order valence-electron chi connectivity index (χ0n) is 11.4. The van der Waals surface area contributed by atoms with Crippen LogP contribution in [0.2, 0.25) is 0 Å². The third-order valence-corrected chi connectivity index (χ3v) is 3.01. The van der Waals surface area contributed by atoms with Gasteiger partial charge in [0.2, 0.25) is 5.91 Å². The van der Waals surface area contributed by atoms with Gasteiger partial charge in [-0.25, -0.2) is 0 Å². The predicted octanol–water partition coefficient (Wildman–Crippen LogP) is 1.15. The summed E-state index contributed by atoms with van der Waals surface area (Å²) in [6.07, 6.45) is 5.12. The van der Waals surface area contributed by atoms with E-state index in [2.05, 4.69) is 10.6 Å². The van der Waals surface area contributed by atoms with E-state index in [0.29, 0.717) is 18.5 Å². The van der Waals surface area contributed by atoms with Gasteiger partial charge in [-0.2, -0.15) is 0 Å². The summed E-state index contributed by atoms with van der Waals surface area (Å²) >= 11 is 0. The zero-order valence-corrected chi connectivity index (χ0v) is 11.4. The van der Waals surface area contributed by atoms with E-state index < -0.39 is 0 Å². The van der Waals surface area contributed by atoms with E-state index in [0.717, 1.165) is 19.4 Å². The smallest absolute Gasteiger partial charge is 0.221 e. The van der Waals surface area contributed by atoms with Crippen LogP contribution in [0.1, 0.15) is 52.9 Å². The summed E-state index contributed by atoms with van der Waals surface area (Å²) in [6, 6.07) is 0.839. The first-order valence-electron chi connectivity index (χ1n) is 6.67. The molecule has 17 heavy (non-hydrogen) atoms. The number of amides is 1. The first-order valence-corrected chi connectivity index (χ1v) is 6.67. The standard InChI is InChI=1S/C13H27N3O/c1-13(2,3)16-12(17)7-8-15-11-6-4-5-10(14)9-11/h10-11,15H,4-9,14H2,1-3H3,(H,16,17). The molecule has 2 atom stereocenters. The minimum absolute atomic E-state index is 0.116. The molecule has 0 aromatic heterocycles. The average molecular weight is 241 g/mol. The van der Waals surface area contributed by atoms with Crippen LogP contribution < -0.4 is 16.4 Å². The van der Waals surface area contributed by atoms with E-state index in [1.54, 1.807) is 0 Å². The van der Waals surface area contributed by atoms with Crippen molar-refractivity contribution in [1.82, 2.24) is 10.6 Å². The second-order valence-corrected chi connectivity index (χ2v) is 6.13. The van der Waals surface area contributed by atoms with Gasteiger partial charge in [-0.15, -0.1) is 0 Å². The van der Waals surface area contributed by atoms with Crippen molar-refractivity contribution in [2.75, 3.05) is 6.54 Å². The van der Waals surface area contributed by atoms with Gasteiger partial charge in [0.15, 0.2) is 0 Å². The van der Waals surface area contributed by atoms with E-state index in [4.69, 9.17) is 5.73 Å². The van der Waals surface area contributed by atoms with Crippen molar-refractivity contribution in [2.45, 2.75) is 70.5 Å². The second kappa shape index (κ2) is 6.36. The van der Waals surface area contributed by atoms with Gasteiger partial charge in [0, 0.05) is 30.6 Å². The Bertz CT molecular complexity index is 248. The van der Waals surface area contributed by atoms with E-state index in [-0.39, 0.29) is 11.4 Å². The molecule has 4 N–H and O–H groups in total. The third-order valence-electron chi connectivity index (χ3n) is 3.01. The third kappa shape index (κ3) is 6.64. The van der Waals surface area contributed by atoms with Crippen LogP contribution in [-0.4, -0.2) is 30.1 Å². The van der Waals surface area contributed by atoms with Gasteiger partial charge in [0.05, 0.1) is 0 Å². The fourth-order valence-corrected chi connectivity index (χ4v) is 2.28. The molecule has 0 radical (unpaired) electrons. The predicted molar refractivity (Wildman–Crippen MR) is 70.7 cm³/mol. The number of hydrogen-bond donors (Lipinski definition) is 3. The van der Waals surface area contributed by atoms with Crippen molar-refractivity contribution in [3.05, 3.63) is 0 Å². The molecule has 100 valence electrons. The van der Waals surface area contributed by atoms with E-state index in [1.165, 1.54) is 12.8 Å². The van der Waals surface area contributed by atoms with Crippen LogP contribution in [0.15, 0.2) is 0 Å². The molecule has 0 heterocycles. The van der Waals surface area contributed by atoms with Crippen molar-refractivity contribution >= 4 is 5.91 Å². The molecule has 0 spiro atoms. The Labute approximate surface area is 105 Å². The maximum atomic E-state index is 11.6.